The van der Waals surface area contributed by atoms with Crippen molar-refractivity contribution < 1.29 is 27.1 Å². The predicted molar refractivity (Wildman–Crippen MR) is 153 cm³/mol. The number of nitrogens with zero attached hydrogens (tertiary/aromatic N) is 2. The number of ether oxygens (including phenoxy) is 2. The summed E-state index contributed by atoms with van der Waals surface area (Å²) in [5.41, 5.74) is 8.82. The molecule has 41 heavy (non-hydrogen) atoms. The number of fused-ring (bicyclic) bond motifs is 1. The van der Waals surface area contributed by atoms with Crippen LogP contribution in [0.2, 0.25) is 0 Å². The van der Waals surface area contributed by atoms with E-state index in [1.54, 1.807) is 66.7 Å². The molecule has 0 radical (unpaired) electrons. The summed E-state index contributed by atoms with van der Waals surface area (Å²) in [5.74, 6) is -0.468. The van der Waals surface area contributed by atoms with Gasteiger partial charge in [-0.25, -0.2) is 21.8 Å². The van der Waals surface area contributed by atoms with Gasteiger partial charge in [-0.2, -0.15) is 0 Å². The summed E-state index contributed by atoms with van der Waals surface area (Å²) in [7, 11) is -2.71. The molecular weight excluding hydrogens is 545 g/mol. The van der Waals surface area contributed by atoms with E-state index in [2.05, 4.69) is 4.98 Å². The van der Waals surface area contributed by atoms with Crippen molar-refractivity contribution in [3.8, 4) is 16.9 Å². The maximum atomic E-state index is 15.5. The number of pyridine rings is 1. The first-order chi connectivity index (χ1) is 19.7. The Bertz CT molecular complexity index is 1850. The number of halogens is 1. The molecule has 0 saturated carbocycles. The summed E-state index contributed by atoms with van der Waals surface area (Å²) in [6, 6.07) is 21.7. The molecule has 0 amide bonds. The van der Waals surface area contributed by atoms with Crippen LogP contribution in [-0.2, 0) is 39.1 Å². The number of hydrogen-bond donors (Lipinski definition) is 1. The second-order valence-electron chi connectivity index (χ2n) is 9.46. The Hall–Kier alpha value is -4.54. The molecule has 0 spiro atoms. The van der Waals surface area contributed by atoms with E-state index in [0.29, 0.717) is 33.5 Å². The zero-order valence-electron chi connectivity index (χ0n) is 22.5. The van der Waals surface area contributed by atoms with Gasteiger partial charge >= 0.3 is 5.97 Å². The maximum Gasteiger partial charge on any atom is 0.310 e. The number of para-hydroxylation sites is 1. The molecule has 5 rings (SSSR count). The topological polar surface area (TPSA) is 114 Å². The van der Waals surface area contributed by atoms with Crippen LogP contribution in [0.15, 0.2) is 90.0 Å². The third kappa shape index (κ3) is 5.57. The average molecular weight is 574 g/mol. The van der Waals surface area contributed by atoms with Crippen molar-refractivity contribution in [2.24, 2.45) is 5.73 Å². The normalized spacial score (nSPS) is 11.5. The first-order valence-electron chi connectivity index (χ1n) is 12.8. The lowest BCUT2D eigenvalue weighted by molar-refractivity contribution is -0.139. The highest BCUT2D eigenvalue weighted by Gasteiger charge is 2.23. The molecule has 0 aliphatic heterocycles. The first-order valence-corrected chi connectivity index (χ1v) is 14.3. The molecular formula is C31H28FN3O5S. The smallest absolute Gasteiger partial charge is 0.310 e. The lowest BCUT2D eigenvalue weighted by Crippen LogP contribution is -2.13. The van der Waals surface area contributed by atoms with Crippen LogP contribution in [0.5, 0.6) is 5.75 Å². The minimum Gasteiger partial charge on any atom is -0.487 e. The highest BCUT2D eigenvalue weighted by atomic mass is 32.2. The lowest BCUT2D eigenvalue weighted by Gasteiger charge is -2.14. The molecule has 0 aliphatic carbocycles. The number of carbonyl (C=O) groups excluding carboxylic acids is 1. The quantitative estimate of drug-likeness (QED) is 0.243. The minimum absolute atomic E-state index is 0.00363. The van der Waals surface area contributed by atoms with E-state index in [1.807, 2.05) is 6.92 Å². The minimum atomic E-state index is -4.02. The van der Waals surface area contributed by atoms with Crippen molar-refractivity contribution in [2.75, 3.05) is 7.11 Å². The molecule has 2 N–H and O–H groups in total. The maximum absolute atomic E-state index is 15.5. The Labute approximate surface area is 237 Å². The Morgan fingerprint density at radius 2 is 1.71 bits per heavy atom. The Kier molecular flexibility index (Phi) is 7.87. The molecule has 0 saturated heterocycles. The van der Waals surface area contributed by atoms with Gasteiger partial charge in [-0.05, 0) is 42.8 Å². The van der Waals surface area contributed by atoms with Gasteiger partial charge in [-0.15, -0.1) is 0 Å². The van der Waals surface area contributed by atoms with Crippen LogP contribution in [0.3, 0.4) is 0 Å². The highest BCUT2D eigenvalue weighted by Crippen LogP contribution is 2.34. The number of aryl methyl sites for hydroxylation is 1. The fourth-order valence-corrected chi connectivity index (χ4v) is 5.86. The zero-order chi connectivity index (χ0) is 29.1. The fraction of sp³-hybridized carbons (Fsp3) is 0.161. The summed E-state index contributed by atoms with van der Waals surface area (Å²) < 4.78 is 54.8. The van der Waals surface area contributed by atoms with Crippen LogP contribution in [0.25, 0.3) is 22.2 Å². The summed E-state index contributed by atoms with van der Waals surface area (Å²) >= 11 is 0. The summed E-state index contributed by atoms with van der Waals surface area (Å²) in [6.07, 6.45) is 1.43. The number of nitrogens with two attached hydrogens (primary N) is 1. The van der Waals surface area contributed by atoms with Gasteiger partial charge in [-0.3, -0.25) is 4.79 Å². The number of methoxy groups -OCH3 is 1. The van der Waals surface area contributed by atoms with E-state index >= 15 is 4.39 Å². The number of esters is 1. The summed E-state index contributed by atoms with van der Waals surface area (Å²) in [4.78, 5) is 16.6. The second-order valence-corrected chi connectivity index (χ2v) is 11.3. The van der Waals surface area contributed by atoms with Gasteiger partial charge in [-0.1, -0.05) is 54.1 Å². The third-order valence-corrected chi connectivity index (χ3v) is 8.43. The number of hydrogen-bond acceptors (Lipinski definition) is 7. The van der Waals surface area contributed by atoms with Gasteiger partial charge in [0.15, 0.2) is 5.65 Å². The van der Waals surface area contributed by atoms with E-state index in [1.165, 1.54) is 25.4 Å². The predicted octanol–water partition coefficient (Wildman–Crippen LogP) is 5.14. The molecule has 0 unspecified atom stereocenters. The molecule has 10 heteroatoms. The van der Waals surface area contributed by atoms with Gasteiger partial charge in [0.1, 0.15) is 18.2 Å². The molecule has 0 aliphatic rings. The molecule has 2 heterocycles. The molecule has 0 atom stereocenters. The Morgan fingerprint density at radius 3 is 2.44 bits per heavy atom. The average Bonchev–Trinajstić information content (AvgIpc) is 3.42. The fourth-order valence-electron chi connectivity index (χ4n) is 4.57. The molecule has 0 bridgehead atoms. The highest BCUT2D eigenvalue weighted by molar-refractivity contribution is 7.90. The van der Waals surface area contributed by atoms with Crippen LogP contribution < -0.4 is 10.5 Å². The van der Waals surface area contributed by atoms with Gasteiger partial charge in [0, 0.05) is 34.8 Å². The van der Waals surface area contributed by atoms with Crippen LogP contribution in [0, 0.1) is 12.7 Å². The van der Waals surface area contributed by atoms with Crippen LogP contribution >= 0.6 is 0 Å². The van der Waals surface area contributed by atoms with Crippen molar-refractivity contribution in [1.82, 2.24) is 8.96 Å². The number of rotatable bonds is 9. The largest absolute Gasteiger partial charge is 0.487 e. The van der Waals surface area contributed by atoms with Crippen molar-refractivity contribution in [3.05, 3.63) is 113 Å². The molecule has 3 aromatic carbocycles. The first kappa shape index (κ1) is 28.0. The standard InChI is InChI=1S/C31H28FN3O5S/c1-20-10-12-24(13-11-20)41(37,38)35-15-14-26-27(25-8-5-7-22(18-33)30(25)32)17-23(34-31(26)35)19-40-28-9-4-3-6-21(28)16-29(36)39-2/h3-15,17H,16,18-19,33H2,1-2H3. The third-order valence-electron chi connectivity index (χ3n) is 6.75. The van der Waals surface area contributed by atoms with Crippen molar-refractivity contribution >= 4 is 27.0 Å². The number of benzene rings is 3. The van der Waals surface area contributed by atoms with Crippen LogP contribution in [0.4, 0.5) is 4.39 Å². The lowest BCUT2D eigenvalue weighted by atomic mass is 9.99. The Morgan fingerprint density at radius 1 is 0.976 bits per heavy atom. The van der Waals surface area contributed by atoms with E-state index in [4.69, 9.17) is 15.2 Å². The van der Waals surface area contributed by atoms with Gasteiger partial charge in [0.2, 0.25) is 0 Å². The van der Waals surface area contributed by atoms with Crippen molar-refractivity contribution in [1.29, 1.82) is 0 Å². The number of carbonyl (C=O) groups is 1. The molecule has 2 aromatic heterocycles. The zero-order valence-corrected chi connectivity index (χ0v) is 23.3. The summed E-state index contributed by atoms with van der Waals surface area (Å²) in [5, 5.41) is 0.448. The van der Waals surface area contributed by atoms with E-state index in [-0.39, 0.29) is 35.7 Å². The van der Waals surface area contributed by atoms with Crippen molar-refractivity contribution in [3.63, 3.8) is 0 Å². The van der Waals surface area contributed by atoms with E-state index < -0.39 is 21.8 Å². The molecule has 210 valence electrons. The van der Waals surface area contributed by atoms with E-state index in [9.17, 15) is 13.2 Å². The van der Waals surface area contributed by atoms with Crippen molar-refractivity contribution in [2.45, 2.75) is 31.4 Å². The number of aromatic nitrogens is 2. The molecule has 0 fully saturated rings. The Balaban J connectivity index is 1.64. The van der Waals surface area contributed by atoms with E-state index in [0.717, 1.165) is 9.54 Å². The SMILES string of the molecule is COC(=O)Cc1ccccc1OCc1cc(-c2cccc(CN)c2F)c2ccn(S(=O)(=O)c3ccc(C)cc3)c2n1. The van der Waals surface area contributed by atoms with Crippen LogP contribution in [-0.4, -0.2) is 30.5 Å². The second kappa shape index (κ2) is 11.5. The molecule has 8 nitrogen and oxygen atoms in total. The van der Waals surface area contributed by atoms with Gasteiger partial charge < -0.3 is 15.2 Å². The van der Waals surface area contributed by atoms with Gasteiger partial charge in [0.25, 0.3) is 10.0 Å². The summed E-state index contributed by atoms with van der Waals surface area (Å²) in [6.45, 7) is 1.80. The monoisotopic (exact) mass is 573 g/mol. The van der Waals surface area contributed by atoms with Crippen LogP contribution in [0.1, 0.15) is 22.4 Å². The molecule has 5 aromatic rings. The van der Waals surface area contributed by atoms with Gasteiger partial charge in [0.05, 0.1) is 24.1 Å².